The number of halogens is 1. The van der Waals surface area contributed by atoms with E-state index >= 15 is 0 Å². The number of aryl methyl sites for hydroxylation is 1. The zero-order valence-electron chi connectivity index (χ0n) is 17.0. The van der Waals surface area contributed by atoms with Gasteiger partial charge in [0.2, 0.25) is 0 Å². The van der Waals surface area contributed by atoms with Crippen LogP contribution in [0.15, 0.2) is 42.5 Å². The number of carbonyl (C=O) groups is 1. The fourth-order valence-electron chi connectivity index (χ4n) is 4.11. The van der Waals surface area contributed by atoms with Gasteiger partial charge >= 0.3 is 0 Å². The fourth-order valence-corrected chi connectivity index (χ4v) is 4.11. The third-order valence-electron chi connectivity index (χ3n) is 5.87. The van der Waals surface area contributed by atoms with E-state index < -0.39 is 0 Å². The second-order valence-electron chi connectivity index (χ2n) is 7.73. The highest BCUT2D eigenvalue weighted by Crippen LogP contribution is 2.23. The normalized spacial score (nSPS) is 17.5. The van der Waals surface area contributed by atoms with Crippen LogP contribution in [0.2, 0.25) is 0 Å². The third-order valence-corrected chi connectivity index (χ3v) is 5.87. The summed E-state index contributed by atoms with van der Waals surface area (Å²) in [6, 6.07) is 12.9. The minimum atomic E-state index is -0.223. The first-order chi connectivity index (χ1) is 14.1. The molecule has 2 aliphatic rings. The predicted octanol–water partition coefficient (Wildman–Crippen LogP) is 2.76. The number of carbonyl (C=O) groups excluding carboxylic acids is 1. The molecule has 5 nitrogen and oxygen atoms in total. The van der Waals surface area contributed by atoms with Gasteiger partial charge in [-0.25, -0.2) is 4.39 Å². The summed E-state index contributed by atoms with van der Waals surface area (Å²) in [4.78, 5) is 19.7. The molecule has 2 heterocycles. The molecular formula is C23H29FN4O. The SMILES string of the molecule is CCc1cc(C(=O)N2CCN(c3ccc(F)cc3)CC2)cc(N2CCNCC2)c1. The van der Waals surface area contributed by atoms with Gasteiger partial charge < -0.3 is 20.0 Å². The average Bonchev–Trinajstić information content (AvgIpc) is 2.79. The summed E-state index contributed by atoms with van der Waals surface area (Å²) in [5, 5.41) is 3.38. The molecule has 2 aromatic carbocycles. The standard InChI is InChI=1S/C23H29FN4O/c1-2-18-15-19(17-22(16-18)26-9-7-25-8-10-26)23(29)28-13-11-27(12-14-28)21-5-3-20(24)4-6-21/h3-6,15-17,25H,2,7-14H2,1H3. The molecule has 154 valence electrons. The molecule has 0 spiro atoms. The lowest BCUT2D eigenvalue weighted by atomic mass is 10.0. The summed E-state index contributed by atoms with van der Waals surface area (Å²) in [5.41, 5.74) is 4.15. The van der Waals surface area contributed by atoms with E-state index in [9.17, 15) is 9.18 Å². The fraction of sp³-hybridized carbons (Fsp3) is 0.435. The van der Waals surface area contributed by atoms with Gasteiger partial charge in [-0.1, -0.05) is 6.92 Å². The van der Waals surface area contributed by atoms with Gasteiger partial charge in [0.25, 0.3) is 5.91 Å². The summed E-state index contributed by atoms with van der Waals surface area (Å²) in [6.07, 6.45) is 0.915. The van der Waals surface area contributed by atoms with Crippen LogP contribution in [-0.4, -0.2) is 63.2 Å². The van der Waals surface area contributed by atoms with Crippen molar-refractivity contribution in [2.45, 2.75) is 13.3 Å². The van der Waals surface area contributed by atoms with Crippen LogP contribution in [0, 0.1) is 5.82 Å². The van der Waals surface area contributed by atoms with Gasteiger partial charge in [0.15, 0.2) is 0 Å². The van der Waals surface area contributed by atoms with Crippen LogP contribution in [0.5, 0.6) is 0 Å². The largest absolute Gasteiger partial charge is 0.369 e. The maximum Gasteiger partial charge on any atom is 0.254 e. The highest BCUT2D eigenvalue weighted by molar-refractivity contribution is 5.95. The molecule has 0 bridgehead atoms. The Morgan fingerprint density at radius 3 is 2.21 bits per heavy atom. The van der Waals surface area contributed by atoms with Crippen molar-refractivity contribution in [1.29, 1.82) is 0 Å². The van der Waals surface area contributed by atoms with Crippen molar-refractivity contribution in [2.24, 2.45) is 0 Å². The number of anilines is 2. The first-order valence-electron chi connectivity index (χ1n) is 10.5. The van der Waals surface area contributed by atoms with Gasteiger partial charge in [0, 0.05) is 69.3 Å². The zero-order valence-corrected chi connectivity index (χ0v) is 17.0. The first kappa shape index (κ1) is 19.7. The summed E-state index contributed by atoms with van der Waals surface area (Å²) in [6.45, 7) is 8.90. The number of benzene rings is 2. The van der Waals surface area contributed by atoms with E-state index in [1.807, 2.05) is 11.0 Å². The van der Waals surface area contributed by atoms with Crippen molar-refractivity contribution in [3.05, 3.63) is 59.4 Å². The maximum atomic E-state index is 13.2. The molecule has 4 rings (SSSR count). The van der Waals surface area contributed by atoms with Crippen molar-refractivity contribution in [3.8, 4) is 0 Å². The summed E-state index contributed by atoms with van der Waals surface area (Å²) in [7, 11) is 0. The quantitative estimate of drug-likeness (QED) is 0.863. The van der Waals surface area contributed by atoms with Crippen molar-refractivity contribution in [2.75, 3.05) is 62.2 Å². The second-order valence-corrected chi connectivity index (χ2v) is 7.73. The number of amides is 1. The Kier molecular flexibility index (Phi) is 6.00. The lowest BCUT2D eigenvalue weighted by Crippen LogP contribution is -2.49. The van der Waals surface area contributed by atoms with Crippen molar-refractivity contribution < 1.29 is 9.18 Å². The Labute approximate surface area is 172 Å². The number of nitrogens with one attached hydrogen (secondary N) is 1. The van der Waals surface area contributed by atoms with Crippen LogP contribution >= 0.6 is 0 Å². The van der Waals surface area contributed by atoms with E-state index in [0.717, 1.165) is 62.6 Å². The first-order valence-corrected chi connectivity index (χ1v) is 10.5. The van der Waals surface area contributed by atoms with E-state index in [2.05, 4.69) is 34.2 Å². The summed E-state index contributed by atoms with van der Waals surface area (Å²) >= 11 is 0. The minimum absolute atomic E-state index is 0.107. The van der Waals surface area contributed by atoms with E-state index in [1.54, 1.807) is 12.1 Å². The van der Waals surface area contributed by atoms with Gasteiger partial charge in [0.05, 0.1) is 0 Å². The smallest absolute Gasteiger partial charge is 0.254 e. The molecule has 2 saturated heterocycles. The highest BCUT2D eigenvalue weighted by atomic mass is 19.1. The second kappa shape index (κ2) is 8.82. The Balaban J connectivity index is 1.46. The predicted molar refractivity (Wildman–Crippen MR) is 115 cm³/mol. The van der Waals surface area contributed by atoms with Crippen LogP contribution in [-0.2, 0) is 6.42 Å². The van der Waals surface area contributed by atoms with Gasteiger partial charge in [0.1, 0.15) is 5.82 Å². The van der Waals surface area contributed by atoms with Gasteiger partial charge in [-0.15, -0.1) is 0 Å². The topological polar surface area (TPSA) is 38.8 Å². The molecule has 0 radical (unpaired) electrons. The van der Waals surface area contributed by atoms with Crippen LogP contribution in [0.3, 0.4) is 0 Å². The van der Waals surface area contributed by atoms with Gasteiger partial charge in [-0.05, 0) is 54.4 Å². The molecule has 6 heteroatoms. The van der Waals surface area contributed by atoms with Crippen LogP contribution in [0.4, 0.5) is 15.8 Å². The summed E-state index contributed by atoms with van der Waals surface area (Å²) in [5.74, 6) is -0.117. The third kappa shape index (κ3) is 4.53. The number of rotatable bonds is 4. The molecule has 2 aromatic rings. The molecular weight excluding hydrogens is 367 g/mol. The molecule has 0 saturated carbocycles. The number of nitrogens with zero attached hydrogens (tertiary/aromatic N) is 3. The molecule has 0 aliphatic carbocycles. The Morgan fingerprint density at radius 2 is 1.55 bits per heavy atom. The average molecular weight is 397 g/mol. The van der Waals surface area contributed by atoms with Gasteiger partial charge in [-0.2, -0.15) is 0 Å². The van der Waals surface area contributed by atoms with Crippen molar-refractivity contribution in [3.63, 3.8) is 0 Å². The molecule has 0 unspecified atom stereocenters. The monoisotopic (exact) mass is 396 g/mol. The molecule has 0 aromatic heterocycles. The Bertz CT molecular complexity index is 840. The summed E-state index contributed by atoms with van der Waals surface area (Å²) < 4.78 is 13.2. The van der Waals surface area contributed by atoms with Gasteiger partial charge in [-0.3, -0.25) is 4.79 Å². The molecule has 1 N–H and O–H groups in total. The van der Waals surface area contributed by atoms with E-state index in [0.29, 0.717) is 13.1 Å². The van der Waals surface area contributed by atoms with E-state index in [4.69, 9.17) is 0 Å². The molecule has 2 fully saturated rings. The Morgan fingerprint density at radius 1 is 0.897 bits per heavy atom. The number of hydrogen-bond donors (Lipinski definition) is 1. The van der Waals surface area contributed by atoms with Crippen LogP contribution in [0.1, 0.15) is 22.8 Å². The Hall–Kier alpha value is -2.60. The minimum Gasteiger partial charge on any atom is -0.369 e. The number of hydrogen-bond acceptors (Lipinski definition) is 4. The van der Waals surface area contributed by atoms with E-state index in [1.165, 1.54) is 17.7 Å². The molecule has 0 atom stereocenters. The lowest BCUT2D eigenvalue weighted by molar-refractivity contribution is 0.0746. The van der Waals surface area contributed by atoms with E-state index in [-0.39, 0.29) is 11.7 Å². The van der Waals surface area contributed by atoms with Crippen molar-refractivity contribution >= 4 is 17.3 Å². The highest BCUT2D eigenvalue weighted by Gasteiger charge is 2.23. The maximum absolute atomic E-state index is 13.2. The molecule has 2 aliphatic heterocycles. The van der Waals surface area contributed by atoms with Crippen LogP contribution in [0.25, 0.3) is 0 Å². The zero-order chi connectivity index (χ0) is 20.2. The lowest BCUT2D eigenvalue weighted by Gasteiger charge is -2.36. The number of piperazine rings is 2. The molecule has 29 heavy (non-hydrogen) atoms. The van der Waals surface area contributed by atoms with Crippen LogP contribution < -0.4 is 15.1 Å². The van der Waals surface area contributed by atoms with Crippen molar-refractivity contribution in [1.82, 2.24) is 10.2 Å². The molecule has 1 amide bonds.